The van der Waals surface area contributed by atoms with Crippen LogP contribution in [0.4, 0.5) is 0 Å². The molecule has 0 radical (unpaired) electrons. The maximum Gasteiger partial charge on any atom is 0.246 e. The van der Waals surface area contributed by atoms with E-state index < -0.39 is 0 Å². The molecule has 7 heteroatoms. The van der Waals surface area contributed by atoms with Crippen molar-refractivity contribution in [2.45, 2.75) is 20.3 Å². The molecule has 0 aliphatic heterocycles. The van der Waals surface area contributed by atoms with Crippen molar-refractivity contribution in [1.82, 2.24) is 9.32 Å². The second-order valence-electron chi connectivity index (χ2n) is 5.17. The average Bonchev–Trinajstić information content (AvgIpc) is 2.12. The molecule has 106 valence electrons. The van der Waals surface area contributed by atoms with Gasteiger partial charge in [0.15, 0.2) is -0.441 Å². The molecule has 3 nitrogen and oxygen atoms in total. The van der Waals surface area contributed by atoms with Crippen molar-refractivity contribution in [1.29, 1.82) is 0 Å². The topological polar surface area (TPSA) is 23.6 Å². The van der Waals surface area contributed by atoms with Gasteiger partial charge in [0.25, 0.3) is 0 Å². The largest absolute Gasteiger partial charge is 0.342 e. The van der Waals surface area contributed by atoms with E-state index in [2.05, 4.69) is 88.5 Å². The molecule has 0 rings (SSSR count). The number of hydrogen-bond donors (Lipinski definition) is 0. The van der Waals surface area contributed by atoms with Crippen LogP contribution in [0.2, 0.25) is 0 Å². The molecule has 0 fully saturated rings. The lowest BCUT2D eigenvalue weighted by Crippen LogP contribution is -2.33. The van der Waals surface area contributed by atoms with Crippen molar-refractivity contribution in [3.63, 3.8) is 0 Å². The Balaban J connectivity index is 4.24. The van der Waals surface area contributed by atoms with Crippen molar-refractivity contribution >= 4 is 85.5 Å². The molecule has 18 heavy (non-hydrogen) atoms. The third-order valence-corrected chi connectivity index (χ3v) is 4.88. The Morgan fingerprint density at radius 2 is 1.78 bits per heavy atom. The predicted octanol–water partition coefficient (Wildman–Crippen LogP) is 4.42. The molecular formula is C11H18ClI3N2O. The van der Waals surface area contributed by atoms with E-state index in [1.165, 1.54) is 0 Å². The molecule has 0 aromatic heterocycles. The first-order valence-electron chi connectivity index (χ1n) is 5.35. The molecule has 0 bridgehead atoms. The van der Waals surface area contributed by atoms with Gasteiger partial charge in [-0.1, -0.05) is 26.8 Å². The van der Waals surface area contributed by atoms with Crippen molar-refractivity contribution in [3.05, 3.63) is 12.2 Å². The highest BCUT2D eigenvalue weighted by atomic mass is 127. The Kier molecular flexibility index (Phi) is 8.93. The highest BCUT2D eigenvalue weighted by Gasteiger charge is 2.24. The van der Waals surface area contributed by atoms with Crippen LogP contribution < -0.4 is 0 Å². The summed E-state index contributed by atoms with van der Waals surface area (Å²) in [7, 11) is 1.82. The van der Waals surface area contributed by atoms with E-state index in [4.69, 9.17) is 11.8 Å². The number of rotatable bonds is 5. The van der Waals surface area contributed by atoms with Gasteiger partial charge >= 0.3 is 0 Å². The summed E-state index contributed by atoms with van der Waals surface area (Å²) in [4.78, 5) is 13.5. The number of halogens is 4. The Hall–Kier alpha value is 1.65. The minimum Gasteiger partial charge on any atom is -0.342 e. The summed E-state index contributed by atoms with van der Waals surface area (Å²) in [5.41, 5.74) is 0.110. The third-order valence-electron chi connectivity index (χ3n) is 1.89. The van der Waals surface area contributed by atoms with Gasteiger partial charge in [-0.25, -0.2) is 0 Å². The summed E-state index contributed by atoms with van der Waals surface area (Å²) in [6.07, 6.45) is 3.37. The van der Waals surface area contributed by atoms with Gasteiger partial charge in [-0.05, 0) is 85.0 Å². The van der Waals surface area contributed by atoms with Gasteiger partial charge in [0.05, 0.1) is 0 Å². The summed E-state index contributed by atoms with van der Waals surface area (Å²) in [6, 6.07) is 0. The lowest BCUT2D eigenvalue weighted by Gasteiger charge is -2.25. The van der Waals surface area contributed by atoms with Crippen molar-refractivity contribution < 1.29 is 4.79 Å². The van der Waals surface area contributed by atoms with Crippen molar-refractivity contribution in [3.8, 4) is 0 Å². The lowest BCUT2D eigenvalue weighted by atomic mass is 9.96. The molecule has 1 amide bonds. The normalized spacial score (nSPS) is 13.4. The quantitative estimate of drug-likeness (QED) is 0.151. The number of hydrogen-bond acceptors (Lipinski definition) is 2. The molecule has 0 atom stereocenters. The highest BCUT2D eigenvalue weighted by Crippen LogP contribution is 2.40. The Morgan fingerprint density at radius 3 is 2.17 bits per heavy atom. The first-order valence-corrected chi connectivity index (χ1v) is 8.93. The average molecular weight is 610 g/mol. The van der Waals surface area contributed by atoms with Crippen LogP contribution in [0.1, 0.15) is 20.8 Å². The van der Waals surface area contributed by atoms with Gasteiger partial charge in [-0.15, -0.1) is 0 Å². The van der Waals surface area contributed by atoms with Gasteiger partial charge in [-0.3, -0.25) is 4.79 Å². The molecule has 0 N–H and O–H groups in total. The number of alkyl halides is 3. The summed E-state index contributed by atoms with van der Waals surface area (Å²) < 4.78 is 1.45. The van der Waals surface area contributed by atoms with Crippen LogP contribution in [-0.2, 0) is 4.79 Å². The molecule has 0 heterocycles. The molecular weight excluding hydrogens is 592 g/mol. The smallest absolute Gasteiger partial charge is 0.246 e. The van der Waals surface area contributed by atoms with Crippen LogP contribution in [0.25, 0.3) is 0 Å². The van der Waals surface area contributed by atoms with Crippen LogP contribution >= 0.6 is 79.5 Å². The fourth-order valence-corrected chi connectivity index (χ4v) is 1.94. The highest BCUT2D eigenvalue weighted by molar-refractivity contribution is 14.3. The molecule has 0 aliphatic rings. The summed E-state index contributed by atoms with van der Waals surface area (Å²) >= 11 is 12.7. The fraction of sp³-hybridized carbons (Fsp3) is 0.727. The van der Waals surface area contributed by atoms with Gasteiger partial charge in [0, 0.05) is 26.2 Å². The van der Waals surface area contributed by atoms with E-state index >= 15 is 0 Å². The second kappa shape index (κ2) is 8.18. The van der Waals surface area contributed by atoms with Gasteiger partial charge in [-0.2, -0.15) is 4.42 Å². The molecule has 0 spiro atoms. The molecule has 0 saturated heterocycles. The van der Waals surface area contributed by atoms with Crippen molar-refractivity contribution in [2.75, 3.05) is 20.1 Å². The standard InChI is InChI=1S/C11H18ClI3N2O/c1-10(2,3)8-16(4)9(18)6-5-7-17(12)11(13,14)15/h5-6H,7-8H2,1-4H3/b6-5+. The van der Waals surface area contributed by atoms with Gasteiger partial charge < -0.3 is 4.90 Å². The number of carbonyl (C=O) groups is 1. The summed E-state index contributed by atoms with van der Waals surface area (Å²) in [5.74, 6) is 0.0102. The monoisotopic (exact) mass is 610 g/mol. The molecule has 0 aromatic carbocycles. The maximum absolute atomic E-state index is 11.8. The van der Waals surface area contributed by atoms with Crippen molar-refractivity contribution in [2.24, 2.45) is 5.41 Å². The van der Waals surface area contributed by atoms with Crippen LogP contribution in [0.5, 0.6) is 0 Å². The van der Waals surface area contributed by atoms with E-state index in [1.54, 1.807) is 21.5 Å². The zero-order valence-electron chi connectivity index (χ0n) is 10.9. The van der Waals surface area contributed by atoms with Crippen LogP contribution in [0.15, 0.2) is 12.2 Å². The molecule has 0 unspecified atom stereocenters. The summed E-state index contributed by atoms with van der Waals surface area (Å²) in [6.45, 7) is 7.59. The van der Waals surface area contributed by atoms with E-state index in [-0.39, 0.29) is 10.9 Å². The zero-order chi connectivity index (χ0) is 14.6. The minimum atomic E-state index is -0.195. The SMILES string of the molecule is CN(CC(C)(C)C)C(=O)/C=C/CN(Cl)C(I)(I)I. The second-order valence-corrected chi connectivity index (χ2v) is 16.5. The van der Waals surface area contributed by atoms with Crippen LogP contribution in [0.3, 0.4) is 0 Å². The lowest BCUT2D eigenvalue weighted by molar-refractivity contribution is -0.125. The van der Waals surface area contributed by atoms with E-state index in [1.807, 2.05) is 7.05 Å². The number of amides is 1. The molecule has 0 aliphatic carbocycles. The first-order chi connectivity index (χ1) is 7.93. The molecule has 0 saturated carbocycles. The Morgan fingerprint density at radius 1 is 1.28 bits per heavy atom. The van der Waals surface area contributed by atoms with Crippen LogP contribution in [-0.4, -0.2) is 34.9 Å². The Bertz CT molecular complexity index is 310. The van der Waals surface area contributed by atoms with E-state index in [9.17, 15) is 4.79 Å². The van der Waals surface area contributed by atoms with E-state index in [0.29, 0.717) is 6.54 Å². The molecule has 0 aromatic rings. The van der Waals surface area contributed by atoms with E-state index in [0.717, 1.165) is 6.54 Å². The van der Waals surface area contributed by atoms with Gasteiger partial charge in [0.2, 0.25) is 5.91 Å². The zero-order valence-corrected chi connectivity index (χ0v) is 18.1. The minimum absolute atomic E-state index is 0.0102. The van der Waals surface area contributed by atoms with Crippen LogP contribution in [0, 0.1) is 5.41 Å². The maximum atomic E-state index is 11.8. The predicted molar refractivity (Wildman–Crippen MR) is 104 cm³/mol. The number of carbonyl (C=O) groups excluding carboxylic acids is 1. The fourth-order valence-electron chi connectivity index (χ4n) is 1.27. The first kappa shape index (κ1) is 19.7. The number of likely N-dealkylation sites (N-methyl/N-ethyl adjacent to an activating group) is 1. The third kappa shape index (κ3) is 9.54. The Labute approximate surface area is 156 Å². The van der Waals surface area contributed by atoms with Gasteiger partial charge in [0.1, 0.15) is 0 Å². The number of nitrogens with zero attached hydrogens (tertiary/aromatic N) is 2. The summed E-state index contributed by atoms with van der Waals surface area (Å²) in [5, 5.41) is 0.